The van der Waals surface area contributed by atoms with Crippen LogP contribution in [-0.4, -0.2) is 41.1 Å². The van der Waals surface area contributed by atoms with Gasteiger partial charge in [-0.05, 0) is 93.0 Å². The number of imide groups is 1. The van der Waals surface area contributed by atoms with Crippen LogP contribution in [0.15, 0.2) is 42.5 Å². The number of amides is 2. The van der Waals surface area contributed by atoms with Gasteiger partial charge in [-0.2, -0.15) is 4.90 Å². The normalized spacial score (nSPS) is 11.7. The first kappa shape index (κ1) is 31.1. The van der Waals surface area contributed by atoms with E-state index in [9.17, 15) is 19.2 Å². The van der Waals surface area contributed by atoms with Crippen molar-refractivity contribution in [2.45, 2.75) is 86.0 Å². The van der Waals surface area contributed by atoms with E-state index in [4.69, 9.17) is 23.7 Å². The van der Waals surface area contributed by atoms with Gasteiger partial charge in [-0.25, -0.2) is 19.2 Å². The van der Waals surface area contributed by atoms with Crippen LogP contribution in [0.1, 0.15) is 78.2 Å². The third-order valence-corrected chi connectivity index (χ3v) is 4.44. The minimum atomic E-state index is -1.10. The van der Waals surface area contributed by atoms with Crippen LogP contribution in [0.5, 0.6) is 11.5 Å². The van der Waals surface area contributed by atoms with Gasteiger partial charge in [0.05, 0.1) is 5.69 Å². The van der Waals surface area contributed by atoms with Gasteiger partial charge in [-0.3, -0.25) is 0 Å². The summed E-state index contributed by atoms with van der Waals surface area (Å²) in [6, 6.07) is 10.9. The van der Waals surface area contributed by atoms with Crippen LogP contribution in [0, 0.1) is 6.92 Å². The van der Waals surface area contributed by atoms with Gasteiger partial charge in [0.1, 0.15) is 28.1 Å². The number of para-hydroxylation sites is 1. The molecule has 0 radical (unpaired) electrons. The first-order chi connectivity index (χ1) is 17.8. The summed E-state index contributed by atoms with van der Waals surface area (Å²) >= 11 is 0. The Morgan fingerprint density at radius 2 is 1.15 bits per heavy atom. The highest BCUT2D eigenvalue weighted by molar-refractivity contribution is 6.10. The molecule has 2 amide bonds. The molecule has 0 aromatic heterocycles. The van der Waals surface area contributed by atoms with Crippen molar-refractivity contribution in [3.05, 3.63) is 53.6 Å². The molecule has 0 aliphatic carbocycles. The maximum absolute atomic E-state index is 13.2. The molecular formula is C29H37NO9. The van der Waals surface area contributed by atoms with Crippen LogP contribution in [-0.2, 0) is 14.2 Å². The van der Waals surface area contributed by atoms with Gasteiger partial charge in [0.2, 0.25) is 0 Å². The first-order valence-electron chi connectivity index (χ1n) is 12.3. The summed E-state index contributed by atoms with van der Waals surface area (Å²) in [5.74, 6) is -0.861. The zero-order chi connectivity index (χ0) is 29.8. The van der Waals surface area contributed by atoms with Crippen molar-refractivity contribution < 1.29 is 42.9 Å². The monoisotopic (exact) mass is 543 g/mol. The van der Waals surface area contributed by atoms with E-state index in [-0.39, 0.29) is 28.3 Å². The molecule has 0 bridgehead atoms. The maximum Gasteiger partial charge on any atom is 0.514 e. The molecule has 10 heteroatoms. The molecule has 2 aromatic rings. The van der Waals surface area contributed by atoms with E-state index in [0.29, 0.717) is 4.90 Å². The number of rotatable bonds is 4. The summed E-state index contributed by atoms with van der Waals surface area (Å²) < 4.78 is 27.0. The Kier molecular flexibility index (Phi) is 9.39. The smallest absolute Gasteiger partial charge is 0.443 e. The van der Waals surface area contributed by atoms with E-state index in [2.05, 4.69) is 0 Å². The maximum atomic E-state index is 13.2. The molecule has 0 aliphatic rings. The molecule has 0 heterocycles. The van der Waals surface area contributed by atoms with Crippen molar-refractivity contribution in [1.82, 2.24) is 0 Å². The molecule has 39 heavy (non-hydrogen) atoms. The van der Waals surface area contributed by atoms with Gasteiger partial charge >= 0.3 is 24.3 Å². The highest BCUT2D eigenvalue weighted by atomic mass is 16.7. The van der Waals surface area contributed by atoms with Crippen LogP contribution in [0.4, 0.5) is 20.1 Å². The quantitative estimate of drug-likeness (QED) is 0.171. The largest absolute Gasteiger partial charge is 0.514 e. The second-order valence-corrected chi connectivity index (χ2v) is 11.7. The highest BCUT2D eigenvalue weighted by Gasteiger charge is 2.35. The SMILES string of the molecule is Cc1cc(N(C(=O)OC(C)(C)C)C(=O)OC(C)(C)C)cc(OC(=O)OC(C)(C)C)c1C(=O)Oc1ccccc1. The lowest BCUT2D eigenvalue weighted by molar-refractivity contribution is 0.0204. The van der Waals surface area contributed by atoms with Crippen molar-refractivity contribution >= 4 is 30.0 Å². The Hall–Kier alpha value is -4.08. The summed E-state index contributed by atoms with van der Waals surface area (Å²) in [6.07, 6.45) is -3.16. The number of hydrogen-bond acceptors (Lipinski definition) is 9. The fraction of sp³-hybridized carbons (Fsp3) is 0.448. The molecule has 0 atom stereocenters. The zero-order valence-corrected chi connectivity index (χ0v) is 24.2. The first-order valence-corrected chi connectivity index (χ1v) is 12.3. The molecule has 2 aromatic carbocycles. The Morgan fingerprint density at radius 1 is 0.667 bits per heavy atom. The summed E-state index contributed by atoms with van der Waals surface area (Å²) in [4.78, 5) is 52.8. The summed E-state index contributed by atoms with van der Waals surface area (Å²) in [5.41, 5.74) is -2.71. The lowest BCUT2D eigenvalue weighted by Gasteiger charge is -2.29. The van der Waals surface area contributed by atoms with E-state index < -0.39 is 41.1 Å². The Bertz CT molecular complexity index is 1190. The number of aryl methyl sites for hydroxylation is 1. The predicted molar refractivity (Wildman–Crippen MR) is 144 cm³/mol. The van der Waals surface area contributed by atoms with Gasteiger partial charge < -0.3 is 23.7 Å². The van der Waals surface area contributed by atoms with E-state index in [1.807, 2.05) is 0 Å². The topological polar surface area (TPSA) is 118 Å². The van der Waals surface area contributed by atoms with E-state index in [1.165, 1.54) is 19.1 Å². The van der Waals surface area contributed by atoms with Crippen LogP contribution < -0.4 is 14.4 Å². The fourth-order valence-corrected chi connectivity index (χ4v) is 3.12. The number of anilines is 1. The molecule has 212 valence electrons. The zero-order valence-electron chi connectivity index (χ0n) is 24.2. The standard InChI is InChI=1S/C29H37NO9/c1-18-16-19(30(24(32)37-27(2,3)4)25(33)38-28(5,6)7)17-21(36-26(34)39-29(8,9)10)22(18)23(31)35-20-14-12-11-13-15-20/h11-17H,1-10H3. The molecule has 2 rings (SSSR count). The Morgan fingerprint density at radius 3 is 1.62 bits per heavy atom. The molecular weight excluding hydrogens is 506 g/mol. The van der Waals surface area contributed by atoms with Crippen LogP contribution >= 0.6 is 0 Å². The molecule has 0 fully saturated rings. The lowest BCUT2D eigenvalue weighted by Crippen LogP contribution is -2.44. The van der Waals surface area contributed by atoms with E-state index >= 15 is 0 Å². The number of carbonyl (C=O) groups excluding carboxylic acids is 4. The number of hydrogen-bond donors (Lipinski definition) is 0. The van der Waals surface area contributed by atoms with Gasteiger partial charge in [-0.15, -0.1) is 0 Å². The molecule has 0 unspecified atom stereocenters. The molecule has 0 saturated carbocycles. The van der Waals surface area contributed by atoms with E-state index in [1.54, 1.807) is 92.6 Å². The van der Waals surface area contributed by atoms with Gasteiger partial charge in [0.25, 0.3) is 0 Å². The van der Waals surface area contributed by atoms with Crippen molar-refractivity contribution in [3.8, 4) is 11.5 Å². The number of nitrogens with zero attached hydrogens (tertiary/aromatic N) is 1. The summed E-state index contributed by atoms with van der Waals surface area (Å²) in [6.45, 7) is 16.3. The lowest BCUT2D eigenvalue weighted by atomic mass is 10.1. The van der Waals surface area contributed by atoms with Crippen molar-refractivity contribution in [3.63, 3.8) is 0 Å². The van der Waals surface area contributed by atoms with Crippen LogP contribution in [0.3, 0.4) is 0 Å². The molecule has 0 saturated heterocycles. The molecule has 0 spiro atoms. The van der Waals surface area contributed by atoms with Crippen LogP contribution in [0.25, 0.3) is 0 Å². The van der Waals surface area contributed by atoms with Gasteiger partial charge in [0.15, 0.2) is 5.75 Å². The summed E-state index contributed by atoms with van der Waals surface area (Å²) in [5, 5.41) is 0. The molecule has 10 nitrogen and oxygen atoms in total. The predicted octanol–water partition coefficient (Wildman–Crippen LogP) is 7.20. The highest BCUT2D eigenvalue weighted by Crippen LogP contribution is 2.33. The molecule has 0 aliphatic heterocycles. The van der Waals surface area contributed by atoms with Crippen molar-refractivity contribution in [2.24, 2.45) is 0 Å². The minimum Gasteiger partial charge on any atom is -0.443 e. The second-order valence-electron chi connectivity index (χ2n) is 11.7. The number of benzene rings is 2. The average molecular weight is 544 g/mol. The minimum absolute atomic E-state index is 0.0641. The third kappa shape index (κ3) is 9.96. The number of ether oxygens (including phenoxy) is 5. The van der Waals surface area contributed by atoms with Crippen molar-refractivity contribution in [1.29, 1.82) is 0 Å². The fourth-order valence-electron chi connectivity index (χ4n) is 3.12. The van der Waals surface area contributed by atoms with Crippen molar-refractivity contribution in [2.75, 3.05) is 4.90 Å². The number of esters is 1. The third-order valence-electron chi connectivity index (χ3n) is 4.44. The van der Waals surface area contributed by atoms with Crippen LogP contribution in [0.2, 0.25) is 0 Å². The Balaban J connectivity index is 2.66. The second kappa shape index (κ2) is 11.8. The molecule has 0 N–H and O–H groups in total. The number of carbonyl (C=O) groups is 4. The average Bonchev–Trinajstić information content (AvgIpc) is 2.70. The Labute approximate surface area is 229 Å². The van der Waals surface area contributed by atoms with Gasteiger partial charge in [-0.1, -0.05) is 18.2 Å². The van der Waals surface area contributed by atoms with Gasteiger partial charge in [0, 0.05) is 6.07 Å². The summed E-state index contributed by atoms with van der Waals surface area (Å²) in [7, 11) is 0. The van der Waals surface area contributed by atoms with E-state index in [0.717, 1.165) is 0 Å².